The Hall–Kier alpha value is -6.18. The van der Waals surface area contributed by atoms with Crippen LogP contribution in [0.5, 0.6) is 0 Å². The van der Waals surface area contributed by atoms with Crippen molar-refractivity contribution >= 4 is 5.69 Å². The molecule has 12 rings (SSSR count). The Morgan fingerprint density at radius 1 is 0.474 bits per heavy atom. The first-order chi connectivity index (χ1) is 27.8. The third kappa shape index (κ3) is 5.75. The zero-order chi connectivity index (χ0) is 38.3. The van der Waals surface area contributed by atoms with Crippen LogP contribution in [0, 0.1) is 24.3 Å². The molecule has 5 aliphatic carbocycles. The molecule has 0 aliphatic heterocycles. The van der Waals surface area contributed by atoms with Gasteiger partial charge in [0.25, 0.3) is 0 Å². The van der Waals surface area contributed by atoms with Crippen molar-refractivity contribution < 1.29 is 0 Å². The Morgan fingerprint density at radius 2 is 1.04 bits per heavy atom. The summed E-state index contributed by atoms with van der Waals surface area (Å²) in [6, 6.07) is 49.9. The van der Waals surface area contributed by atoms with Crippen LogP contribution >= 0.6 is 0 Å². The quantitative estimate of drug-likeness (QED) is 0.160. The second-order valence-electron chi connectivity index (χ2n) is 17.8. The van der Waals surface area contributed by atoms with Crippen molar-refractivity contribution in [1.82, 2.24) is 15.0 Å². The summed E-state index contributed by atoms with van der Waals surface area (Å²) in [5.74, 6) is 4.49. The van der Waals surface area contributed by atoms with Gasteiger partial charge in [-0.2, -0.15) is 0 Å². The maximum absolute atomic E-state index is 7.66. The van der Waals surface area contributed by atoms with E-state index in [0.29, 0.717) is 28.6 Å². The first kappa shape index (κ1) is 34.1. The second kappa shape index (κ2) is 12.9. The van der Waals surface area contributed by atoms with Crippen LogP contribution in [-0.4, -0.2) is 15.0 Å². The van der Waals surface area contributed by atoms with E-state index >= 15 is 0 Å². The van der Waals surface area contributed by atoms with Gasteiger partial charge in [-0.15, -0.1) is 0 Å². The SMILES string of the molecule is [C-]#[N+]c1cccc(-c2nc(-c3ccccc3)nc(-c3cc(-c4ccc(C56CC7CC(CC(C7)C5)C6)cc4)cc(-c4ccc5c(c4)-c4ccccc4C5(C)C)c3)n2)c1. The Bertz CT molecular complexity index is 2720. The van der Waals surface area contributed by atoms with Gasteiger partial charge in [0.2, 0.25) is 0 Å². The van der Waals surface area contributed by atoms with Crippen LogP contribution in [0.25, 0.3) is 72.4 Å². The van der Waals surface area contributed by atoms with Crippen molar-refractivity contribution in [3.8, 4) is 67.5 Å². The number of nitrogens with zero attached hydrogens (tertiary/aromatic N) is 4. The lowest BCUT2D eigenvalue weighted by molar-refractivity contribution is -0.00518. The van der Waals surface area contributed by atoms with Crippen molar-refractivity contribution in [2.24, 2.45) is 17.8 Å². The molecule has 4 bridgehead atoms. The summed E-state index contributed by atoms with van der Waals surface area (Å²) in [6.45, 7) is 12.3. The zero-order valence-electron chi connectivity index (χ0n) is 32.5. The molecule has 57 heavy (non-hydrogen) atoms. The number of hydrogen-bond donors (Lipinski definition) is 0. The molecule has 0 radical (unpaired) electrons. The van der Waals surface area contributed by atoms with Crippen molar-refractivity contribution in [3.05, 3.63) is 168 Å². The molecule has 0 spiro atoms. The third-order valence-corrected chi connectivity index (χ3v) is 13.9. The van der Waals surface area contributed by atoms with Gasteiger partial charge < -0.3 is 0 Å². The summed E-state index contributed by atoms with van der Waals surface area (Å²) in [6.07, 6.45) is 8.44. The average molecular weight is 737 g/mol. The van der Waals surface area contributed by atoms with E-state index in [-0.39, 0.29) is 5.41 Å². The first-order valence-electron chi connectivity index (χ1n) is 20.6. The minimum atomic E-state index is -0.0599. The van der Waals surface area contributed by atoms with Crippen LogP contribution in [-0.2, 0) is 10.8 Å². The Labute approximate surface area is 335 Å². The van der Waals surface area contributed by atoms with Gasteiger partial charge in [0.1, 0.15) is 0 Å². The molecule has 1 heterocycles. The van der Waals surface area contributed by atoms with E-state index in [1.165, 1.54) is 71.9 Å². The van der Waals surface area contributed by atoms with E-state index in [1.54, 1.807) is 0 Å². The summed E-state index contributed by atoms with van der Waals surface area (Å²) in [7, 11) is 0. The molecule has 0 atom stereocenters. The van der Waals surface area contributed by atoms with Gasteiger partial charge in [-0.1, -0.05) is 123 Å². The molecular formula is C53H44N4. The molecule has 7 aromatic rings. The maximum atomic E-state index is 7.66. The second-order valence-corrected chi connectivity index (χ2v) is 17.8. The first-order valence-corrected chi connectivity index (χ1v) is 20.6. The van der Waals surface area contributed by atoms with E-state index < -0.39 is 0 Å². The van der Waals surface area contributed by atoms with Crippen molar-refractivity contribution in [2.45, 2.75) is 63.2 Å². The third-order valence-electron chi connectivity index (χ3n) is 13.9. The highest BCUT2D eigenvalue weighted by molar-refractivity contribution is 5.87. The number of hydrogen-bond acceptors (Lipinski definition) is 3. The molecule has 1 aromatic heterocycles. The van der Waals surface area contributed by atoms with Crippen molar-refractivity contribution in [1.29, 1.82) is 0 Å². The lowest BCUT2D eigenvalue weighted by Crippen LogP contribution is -2.48. The molecule has 0 N–H and O–H groups in total. The fraction of sp³-hybridized carbons (Fsp3) is 0.245. The van der Waals surface area contributed by atoms with Gasteiger partial charge in [-0.3, -0.25) is 0 Å². The van der Waals surface area contributed by atoms with E-state index in [1.807, 2.05) is 54.6 Å². The molecule has 4 heteroatoms. The van der Waals surface area contributed by atoms with Crippen LogP contribution in [0.2, 0.25) is 0 Å². The van der Waals surface area contributed by atoms with E-state index in [2.05, 4.69) is 104 Å². The van der Waals surface area contributed by atoms with Gasteiger partial charge in [0, 0.05) is 22.1 Å². The average Bonchev–Trinajstić information content (AvgIpc) is 3.48. The molecular weight excluding hydrogens is 693 g/mol. The van der Waals surface area contributed by atoms with Gasteiger partial charge >= 0.3 is 0 Å². The van der Waals surface area contributed by atoms with Gasteiger partial charge in [0.15, 0.2) is 23.2 Å². The van der Waals surface area contributed by atoms with E-state index in [9.17, 15) is 0 Å². The fourth-order valence-electron chi connectivity index (χ4n) is 11.5. The molecule has 4 fully saturated rings. The van der Waals surface area contributed by atoms with Crippen LogP contribution in [0.15, 0.2) is 140 Å². The van der Waals surface area contributed by atoms with Gasteiger partial charge in [-0.05, 0) is 142 Å². The molecule has 0 saturated heterocycles. The smallest absolute Gasteiger partial charge is 0.187 e. The molecule has 4 saturated carbocycles. The number of rotatable bonds is 6. The molecule has 5 aliphatic rings. The topological polar surface area (TPSA) is 43.0 Å². The predicted octanol–water partition coefficient (Wildman–Crippen LogP) is 13.5. The van der Waals surface area contributed by atoms with Crippen molar-refractivity contribution in [3.63, 3.8) is 0 Å². The number of aromatic nitrogens is 3. The number of fused-ring (bicyclic) bond motifs is 3. The van der Waals surface area contributed by atoms with Crippen LogP contribution in [0.4, 0.5) is 5.69 Å². The van der Waals surface area contributed by atoms with Crippen LogP contribution in [0.1, 0.15) is 69.1 Å². The molecule has 4 nitrogen and oxygen atoms in total. The minimum Gasteiger partial charge on any atom is -0.238 e. The van der Waals surface area contributed by atoms with E-state index in [0.717, 1.165) is 51.1 Å². The highest BCUT2D eigenvalue weighted by Crippen LogP contribution is 2.61. The van der Waals surface area contributed by atoms with Crippen LogP contribution in [0.3, 0.4) is 0 Å². The lowest BCUT2D eigenvalue weighted by Gasteiger charge is -2.57. The summed E-state index contributed by atoms with van der Waals surface area (Å²) >= 11 is 0. The zero-order valence-corrected chi connectivity index (χ0v) is 32.5. The predicted molar refractivity (Wildman–Crippen MR) is 231 cm³/mol. The normalized spacial score (nSPS) is 22.2. The number of benzene rings is 6. The largest absolute Gasteiger partial charge is 0.238 e. The Kier molecular flexibility index (Phi) is 7.74. The summed E-state index contributed by atoms with van der Waals surface area (Å²) in [4.78, 5) is 19.0. The fourth-order valence-corrected chi connectivity index (χ4v) is 11.5. The van der Waals surface area contributed by atoms with E-state index in [4.69, 9.17) is 21.5 Å². The summed E-state index contributed by atoms with van der Waals surface area (Å²) in [5.41, 5.74) is 15.0. The highest BCUT2D eigenvalue weighted by Gasteiger charge is 2.51. The summed E-state index contributed by atoms with van der Waals surface area (Å²) < 4.78 is 0. The van der Waals surface area contributed by atoms with Crippen molar-refractivity contribution in [2.75, 3.05) is 0 Å². The van der Waals surface area contributed by atoms with Crippen LogP contribution < -0.4 is 0 Å². The molecule has 6 aromatic carbocycles. The monoisotopic (exact) mass is 736 g/mol. The molecule has 276 valence electrons. The standard InChI is InChI=1S/C53H44N4/c1-52(2)47-15-8-7-14-45(47)46-29-38(18-21-48(46)52)41-25-40(36-16-19-43(20-17-36)53-30-33-22-34(31-53)24-35(23-33)32-53)26-42(27-41)51-56-49(37-10-5-4-6-11-37)55-50(57-51)39-12-9-13-44(28-39)54-3/h4-21,25-29,33-35H,22-24,30-32H2,1-2H3. The van der Waals surface area contributed by atoms with Gasteiger partial charge in [-0.25, -0.2) is 19.8 Å². The molecule has 0 amide bonds. The lowest BCUT2D eigenvalue weighted by atomic mass is 9.48. The minimum absolute atomic E-state index is 0.0599. The highest BCUT2D eigenvalue weighted by atomic mass is 15.0. The van der Waals surface area contributed by atoms with Gasteiger partial charge in [0.05, 0.1) is 6.57 Å². The Morgan fingerprint density at radius 3 is 1.74 bits per heavy atom. The molecule has 0 unspecified atom stereocenters. The Balaban J connectivity index is 1.07. The summed E-state index contributed by atoms with van der Waals surface area (Å²) in [5, 5.41) is 0. The maximum Gasteiger partial charge on any atom is 0.187 e.